The summed E-state index contributed by atoms with van der Waals surface area (Å²) >= 11 is 1.61. The van der Waals surface area contributed by atoms with Gasteiger partial charge in [-0.25, -0.2) is 0 Å². The van der Waals surface area contributed by atoms with Gasteiger partial charge in [0.05, 0.1) is 6.10 Å². The van der Waals surface area contributed by atoms with E-state index >= 15 is 0 Å². The van der Waals surface area contributed by atoms with Crippen molar-refractivity contribution in [3.63, 3.8) is 0 Å². The second kappa shape index (κ2) is 6.17. The first-order valence-electron chi connectivity index (χ1n) is 6.49. The predicted molar refractivity (Wildman–Crippen MR) is 79.2 cm³/mol. The van der Waals surface area contributed by atoms with Gasteiger partial charge in [0.1, 0.15) is 0 Å². The number of hydrogen-bond donors (Lipinski definition) is 2. The lowest BCUT2D eigenvalue weighted by atomic mass is 10.1. The van der Waals surface area contributed by atoms with Crippen LogP contribution in [0, 0.1) is 5.92 Å². The summed E-state index contributed by atoms with van der Waals surface area (Å²) in [5.41, 5.74) is 0.894. The molecular formula is C15H19NO2S. The standard InChI is InChI=1S/C15H19NO2S/c1-10(2)7-15(18)16-8-13(17)12-9-19-14-6-4-3-5-11(12)14/h3-6,9-10,13,17H,7-8H2,1-2H3,(H,16,18). The van der Waals surface area contributed by atoms with Gasteiger partial charge in [0.25, 0.3) is 0 Å². The number of carbonyl (C=O) groups excluding carboxylic acids is 1. The van der Waals surface area contributed by atoms with E-state index in [1.807, 2.05) is 43.5 Å². The second-order valence-corrected chi connectivity index (χ2v) is 6.02. The number of benzene rings is 1. The number of carbonyl (C=O) groups is 1. The molecule has 4 heteroatoms. The summed E-state index contributed by atoms with van der Waals surface area (Å²) in [5, 5.41) is 16.0. The highest BCUT2D eigenvalue weighted by atomic mass is 32.1. The molecule has 0 aliphatic rings. The molecule has 0 bridgehead atoms. The summed E-state index contributed by atoms with van der Waals surface area (Å²) in [6.07, 6.45) is -0.149. The van der Waals surface area contributed by atoms with Gasteiger partial charge in [-0.3, -0.25) is 4.79 Å². The van der Waals surface area contributed by atoms with E-state index in [1.165, 1.54) is 0 Å². The monoisotopic (exact) mass is 277 g/mol. The smallest absolute Gasteiger partial charge is 0.220 e. The molecule has 0 fully saturated rings. The minimum absolute atomic E-state index is 0.00594. The fraction of sp³-hybridized carbons (Fsp3) is 0.400. The topological polar surface area (TPSA) is 49.3 Å². The Morgan fingerprint density at radius 3 is 2.84 bits per heavy atom. The molecule has 3 nitrogen and oxygen atoms in total. The number of nitrogens with one attached hydrogen (secondary N) is 1. The highest BCUT2D eigenvalue weighted by Gasteiger charge is 2.14. The molecule has 1 amide bonds. The van der Waals surface area contributed by atoms with Crippen LogP contribution in [0.2, 0.25) is 0 Å². The van der Waals surface area contributed by atoms with Gasteiger partial charge in [-0.1, -0.05) is 32.0 Å². The Hall–Kier alpha value is -1.39. The van der Waals surface area contributed by atoms with Crippen LogP contribution < -0.4 is 5.32 Å². The predicted octanol–water partition coefficient (Wildman–Crippen LogP) is 3.10. The average molecular weight is 277 g/mol. The molecule has 1 heterocycles. The van der Waals surface area contributed by atoms with Gasteiger partial charge in [-0.2, -0.15) is 0 Å². The van der Waals surface area contributed by atoms with Crippen LogP contribution in [-0.2, 0) is 4.79 Å². The maximum atomic E-state index is 11.6. The normalized spacial score (nSPS) is 12.8. The van der Waals surface area contributed by atoms with E-state index in [0.717, 1.165) is 15.6 Å². The van der Waals surface area contributed by atoms with Crippen LogP contribution in [0.15, 0.2) is 29.6 Å². The number of fused-ring (bicyclic) bond motifs is 1. The van der Waals surface area contributed by atoms with Crippen molar-refractivity contribution in [2.45, 2.75) is 26.4 Å². The molecule has 0 saturated carbocycles. The molecule has 0 spiro atoms. The molecule has 2 rings (SSSR count). The molecule has 0 aliphatic heterocycles. The molecule has 0 radical (unpaired) electrons. The highest BCUT2D eigenvalue weighted by molar-refractivity contribution is 7.17. The Balaban J connectivity index is 2.00. The van der Waals surface area contributed by atoms with Gasteiger partial charge in [0, 0.05) is 23.2 Å². The summed E-state index contributed by atoms with van der Waals surface area (Å²) in [4.78, 5) is 11.6. The lowest BCUT2D eigenvalue weighted by Crippen LogP contribution is -2.29. The molecule has 0 saturated heterocycles. The first-order valence-corrected chi connectivity index (χ1v) is 7.36. The van der Waals surface area contributed by atoms with Crippen LogP contribution in [0.5, 0.6) is 0 Å². The quantitative estimate of drug-likeness (QED) is 0.882. The van der Waals surface area contributed by atoms with E-state index in [1.54, 1.807) is 11.3 Å². The molecule has 1 atom stereocenters. The minimum atomic E-state index is -0.646. The van der Waals surface area contributed by atoms with Crippen molar-refractivity contribution in [2.24, 2.45) is 5.92 Å². The molecule has 1 aromatic carbocycles. The largest absolute Gasteiger partial charge is 0.387 e. The van der Waals surface area contributed by atoms with Crippen molar-refractivity contribution in [3.05, 3.63) is 35.2 Å². The average Bonchev–Trinajstić information content (AvgIpc) is 2.79. The number of thiophene rings is 1. The van der Waals surface area contributed by atoms with E-state index in [2.05, 4.69) is 5.32 Å². The van der Waals surface area contributed by atoms with Crippen molar-refractivity contribution in [3.8, 4) is 0 Å². The van der Waals surface area contributed by atoms with E-state index in [9.17, 15) is 9.90 Å². The minimum Gasteiger partial charge on any atom is -0.387 e. The molecule has 2 N–H and O–H groups in total. The zero-order chi connectivity index (χ0) is 13.8. The van der Waals surface area contributed by atoms with Gasteiger partial charge < -0.3 is 10.4 Å². The third kappa shape index (κ3) is 3.55. The second-order valence-electron chi connectivity index (χ2n) is 5.11. The maximum absolute atomic E-state index is 11.6. The van der Waals surface area contributed by atoms with Gasteiger partial charge in [-0.05, 0) is 22.8 Å². The zero-order valence-corrected chi connectivity index (χ0v) is 12.0. The number of rotatable bonds is 5. The molecule has 2 aromatic rings. The lowest BCUT2D eigenvalue weighted by Gasteiger charge is -2.12. The summed E-state index contributed by atoms with van der Waals surface area (Å²) in [6, 6.07) is 7.98. The molecule has 1 aromatic heterocycles. The van der Waals surface area contributed by atoms with Gasteiger partial charge in [-0.15, -0.1) is 11.3 Å². The van der Waals surface area contributed by atoms with Crippen molar-refractivity contribution in [2.75, 3.05) is 6.54 Å². The van der Waals surface area contributed by atoms with Crippen LogP contribution in [0.1, 0.15) is 31.9 Å². The van der Waals surface area contributed by atoms with E-state index < -0.39 is 6.10 Å². The lowest BCUT2D eigenvalue weighted by molar-refractivity contribution is -0.122. The Labute approximate surface area is 117 Å². The van der Waals surface area contributed by atoms with Gasteiger partial charge in [0.2, 0.25) is 5.91 Å². The number of hydrogen-bond acceptors (Lipinski definition) is 3. The van der Waals surface area contributed by atoms with Crippen molar-refractivity contribution < 1.29 is 9.90 Å². The molecule has 19 heavy (non-hydrogen) atoms. The zero-order valence-electron chi connectivity index (χ0n) is 11.2. The first kappa shape index (κ1) is 14.0. The molecular weight excluding hydrogens is 258 g/mol. The molecule has 102 valence electrons. The van der Waals surface area contributed by atoms with Crippen LogP contribution in [0.25, 0.3) is 10.1 Å². The van der Waals surface area contributed by atoms with Crippen LogP contribution in [0.3, 0.4) is 0 Å². The summed E-state index contributed by atoms with van der Waals surface area (Å²) in [6.45, 7) is 4.27. The van der Waals surface area contributed by atoms with Crippen molar-refractivity contribution in [1.29, 1.82) is 0 Å². The van der Waals surface area contributed by atoms with Crippen LogP contribution in [-0.4, -0.2) is 17.6 Å². The Kier molecular flexibility index (Phi) is 4.56. The third-order valence-electron chi connectivity index (χ3n) is 2.96. The SMILES string of the molecule is CC(C)CC(=O)NCC(O)c1csc2ccccc12. The van der Waals surface area contributed by atoms with E-state index in [0.29, 0.717) is 12.3 Å². The summed E-state index contributed by atoms with van der Waals surface area (Å²) < 4.78 is 1.16. The highest BCUT2D eigenvalue weighted by Crippen LogP contribution is 2.29. The molecule has 0 aliphatic carbocycles. The Morgan fingerprint density at radius 2 is 2.11 bits per heavy atom. The Morgan fingerprint density at radius 1 is 1.37 bits per heavy atom. The van der Waals surface area contributed by atoms with E-state index in [4.69, 9.17) is 0 Å². The summed E-state index contributed by atoms with van der Waals surface area (Å²) in [7, 11) is 0. The van der Waals surface area contributed by atoms with Gasteiger partial charge in [0.15, 0.2) is 0 Å². The van der Waals surface area contributed by atoms with E-state index in [-0.39, 0.29) is 12.5 Å². The number of aliphatic hydroxyl groups excluding tert-OH is 1. The Bertz CT molecular complexity index is 562. The maximum Gasteiger partial charge on any atom is 0.220 e. The third-order valence-corrected chi connectivity index (χ3v) is 3.94. The van der Waals surface area contributed by atoms with Gasteiger partial charge >= 0.3 is 0 Å². The number of amides is 1. The van der Waals surface area contributed by atoms with Crippen LogP contribution >= 0.6 is 11.3 Å². The number of aliphatic hydroxyl groups is 1. The summed E-state index contributed by atoms with van der Waals surface area (Å²) in [5.74, 6) is 0.327. The fourth-order valence-electron chi connectivity index (χ4n) is 2.02. The van der Waals surface area contributed by atoms with Crippen molar-refractivity contribution >= 4 is 27.3 Å². The molecule has 1 unspecified atom stereocenters. The fourth-order valence-corrected chi connectivity index (χ4v) is 3.03. The van der Waals surface area contributed by atoms with Crippen molar-refractivity contribution in [1.82, 2.24) is 5.32 Å². The first-order chi connectivity index (χ1) is 9.08. The van der Waals surface area contributed by atoms with Crippen LogP contribution in [0.4, 0.5) is 0 Å².